The van der Waals surface area contributed by atoms with Crippen LogP contribution in [0.3, 0.4) is 0 Å². The zero-order valence-corrected chi connectivity index (χ0v) is 15.9. The minimum atomic E-state index is -0.536. The molecule has 1 aromatic carbocycles. The van der Waals surface area contributed by atoms with Gasteiger partial charge in [0.25, 0.3) is 0 Å². The molecule has 1 aliphatic carbocycles. The Hall–Kier alpha value is -2.31. The minimum absolute atomic E-state index is 0.169. The van der Waals surface area contributed by atoms with E-state index in [1.165, 1.54) is 24.6 Å². The lowest BCUT2D eigenvalue weighted by molar-refractivity contribution is 0.1000. The van der Waals surface area contributed by atoms with E-state index in [1.54, 1.807) is 13.2 Å². The van der Waals surface area contributed by atoms with E-state index in [4.69, 9.17) is 22.1 Å². The molecular formula is C20H23ClN4O2. The van der Waals surface area contributed by atoms with Gasteiger partial charge in [-0.05, 0) is 43.0 Å². The number of aromatic nitrogens is 1. The van der Waals surface area contributed by atoms with E-state index in [1.807, 2.05) is 12.1 Å². The molecular weight excluding hydrogens is 364 g/mol. The Bertz CT molecular complexity index is 856. The van der Waals surface area contributed by atoms with Gasteiger partial charge in [0.05, 0.1) is 23.7 Å². The molecule has 27 heavy (non-hydrogen) atoms. The number of methoxy groups -OCH3 is 1. The largest absolute Gasteiger partial charge is 0.497 e. The molecule has 6 nitrogen and oxygen atoms in total. The van der Waals surface area contributed by atoms with E-state index in [-0.39, 0.29) is 12.1 Å². The van der Waals surface area contributed by atoms with Crippen LogP contribution in [0.25, 0.3) is 0 Å². The van der Waals surface area contributed by atoms with Crippen molar-refractivity contribution >= 4 is 23.3 Å². The molecule has 3 N–H and O–H groups in total. The van der Waals surface area contributed by atoms with E-state index in [2.05, 4.69) is 27.3 Å². The summed E-state index contributed by atoms with van der Waals surface area (Å²) >= 11 is 6.34. The average molecular weight is 387 g/mol. The second kappa shape index (κ2) is 7.37. The molecule has 2 atom stereocenters. The number of pyridine rings is 1. The van der Waals surface area contributed by atoms with Crippen LogP contribution >= 0.6 is 11.6 Å². The highest BCUT2D eigenvalue weighted by Gasteiger charge is 2.43. The Morgan fingerprint density at radius 3 is 2.81 bits per heavy atom. The number of primary amides is 1. The normalized spacial score (nSPS) is 22.6. The van der Waals surface area contributed by atoms with Crippen LogP contribution in [0.5, 0.6) is 5.75 Å². The zero-order valence-electron chi connectivity index (χ0n) is 15.2. The number of amides is 1. The van der Waals surface area contributed by atoms with Crippen LogP contribution in [0, 0.1) is 0 Å². The van der Waals surface area contributed by atoms with Gasteiger partial charge >= 0.3 is 0 Å². The summed E-state index contributed by atoms with van der Waals surface area (Å²) in [5, 5.41) is 3.90. The van der Waals surface area contributed by atoms with Crippen molar-refractivity contribution in [2.75, 3.05) is 19.0 Å². The minimum Gasteiger partial charge on any atom is -0.497 e. The Morgan fingerprint density at radius 1 is 1.33 bits per heavy atom. The van der Waals surface area contributed by atoms with Gasteiger partial charge in [0.1, 0.15) is 11.6 Å². The number of nitrogens with one attached hydrogen (secondary N) is 1. The predicted octanol–water partition coefficient (Wildman–Crippen LogP) is 3.23. The highest BCUT2D eigenvalue weighted by Crippen LogP contribution is 2.43. The summed E-state index contributed by atoms with van der Waals surface area (Å²) in [6, 6.07) is 10.8. The molecule has 2 unspecified atom stereocenters. The SMILES string of the molecule is COc1cccc(C2C(Nc3ncc(C(N)=O)cc3Cl)CCN2C2CC2)c1. The molecule has 1 aliphatic heterocycles. The molecule has 2 fully saturated rings. The van der Waals surface area contributed by atoms with E-state index < -0.39 is 5.91 Å². The van der Waals surface area contributed by atoms with Crippen LogP contribution in [0.15, 0.2) is 36.5 Å². The molecule has 1 saturated carbocycles. The van der Waals surface area contributed by atoms with Crippen molar-refractivity contribution in [1.29, 1.82) is 0 Å². The van der Waals surface area contributed by atoms with Crippen molar-refractivity contribution in [3.05, 3.63) is 52.7 Å². The number of nitrogens with zero attached hydrogens (tertiary/aromatic N) is 2. The second-order valence-electron chi connectivity index (χ2n) is 7.15. The number of hydrogen-bond donors (Lipinski definition) is 2. The van der Waals surface area contributed by atoms with Gasteiger partial charge in [-0.25, -0.2) is 4.98 Å². The first-order valence-corrected chi connectivity index (χ1v) is 9.56. The number of carbonyl (C=O) groups is 1. The highest BCUT2D eigenvalue weighted by atomic mass is 35.5. The first kappa shape index (κ1) is 18.1. The Labute approximate surface area is 163 Å². The molecule has 2 aliphatic rings. The summed E-state index contributed by atoms with van der Waals surface area (Å²) < 4.78 is 5.42. The van der Waals surface area contributed by atoms with Crippen molar-refractivity contribution in [2.24, 2.45) is 5.73 Å². The van der Waals surface area contributed by atoms with Gasteiger partial charge in [0.15, 0.2) is 0 Å². The third kappa shape index (κ3) is 3.73. The van der Waals surface area contributed by atoms with E-state index >= 15 is 0 Å². The highest BCUT2D eigenvalue weighted by molar-refractivity contribution is 6.33. The maximum Gasteiger partial charge on any atom is 0.250 e. The number of anilines is 1. The van der Waals surface area contributed by atoms with Crippen molar-refractivity contribution < 1.29 is 9.53 Å². The number of rotatable bonds is 6. The van der Waals surface area contributed by atoms with Crippen LogP contribution in [0.4, 0.5) is 5.82 Å². The summed E-state index contributed by atoms with van der Waals surface area (Å²) in [7, 11) is 1.69. The molecule has 1 aromatic heterocycles. The van der Waals surface area contributed by atoms with Gasteiger partial charge in [0.2, 0.25) is 5.91 Å². The van der Waals surface area contributed by atoms with Crippen molar-refractivity contribution in [3.63, 3.8) is 0 Å². The molecule has 2 heterocycles. The van der Waals surface area contributed by atoms with Gasteiger partial charge in [-0.3, -0.25) is 9.69 Å². The van der Waals surface area contributed by atoms with Gasteiger partial charge in [0, 0.05) is 24.8 Å². The molecule has 1 saturated heterocycles. The molecule has 0 spiro atoms. The van der Waals surface area contributed by atoms with Gasteiger partial charge in [-0.2, -0.15) is 0 Å². The van der Waals surface area contributed by atoms with Crippen LogP contribution in [-0.2, 0) is 0 Å². The summed E-state index contributed by atoms with van der Waals surface area (Å²) in [5.74, 6) is 0.902. The fraction of sp³-hybridized carbons (Fsp3) is 0.400. The molecule has 2 aromatic rings. The number of benzene rings is 1. The van der Waals surface area contributed by atoms with Crippen LogP contribution in [-0.4, -0.2) is 41.5 Å². The Morgan fingerprint density at radius 2 is 2.15 bits per heavy atom. The number of nitrogens with two attached hydrogens (primary N) is 1. The fourth-order valence-corrected chi connectivity index (χ4v) is 4.11. The second-order valence-corrected chi connectivity index (χ2v) is 7.56. The lowest BCUT2D eigenvalue weighted by Gasteiger charge is -2.29. The monoisotopic (exact) mass is 386 g/mol. The third-order valence-corrected chi connectivity index (χ3v) is 5.62. The predicted molar refractivity (Wildman–Crippen MR) is 105 cm³/mol. The lowest BCUT2D eigenvalue weighted by Crippen LogP contribution is -2.33. The van der Waals surface area contributed by atoms with Gasteiger partial charge in [-0.15, -0.1) is 0 Å². The quantitative estimate of drug-likeness (QED) is 0.796. The fourth-order valence-electron chi connectivity index (χ4n) is 3.89. The van der Waals surface area contributed by atoms with E-state index in [0.29, 0.717) is 22.4 Å². The average Bonchev–Trinajstić information content (AvgIpc) is 3.43. The zero-order chi connectivity index (χ0) is 19.0. The molecule has 0 radical (unpaired) electrons. The molecule has 142 valence electrons. The summed E-state index contributed by atoms with van der Waals surface area (Å²) in [6.07, 6.45) is 4.96. The number of halogens is 1. The van der Waals surface area contributed by atoms with Crippen LogP contribution in [0.2, 0.25) is 5.02 Å². The molecule has 0 bridgehead atoms. The van der Waals surface area contributed by atoms with Gasteiger partial charge in [-0.1, -0.05) is 23.7 Å². The first-order chi connectivity index (χ1) is 13.1. The maximum atomic E-state index is 11.3. The van der Waals surface area contributed by atoms with Crippen LogP contribution in [0.1, 0.15) is 41.2 Å². The Balaban J connectivity index is 1.61. The number of ether oxygens (including phenoxy) is 1. The van der Waals surface area contributed by atoms with Crippen LogP contribution < -0.4 is 15.8 Å². The maximum absolute atomic E-state index is 11.3. The molecule has 1 amide bonds. The number of likely N-dealkylation sites (tertiary alicyclic amines) is 1. The topological polar surface area (TPSA) is 80.5 Å². The molecule has 4 rings (SSSR count). The van der Waals surface area contributed by atoms with Crippen molar-refractivity contribution in [3.8, 4) is 5.75 Å². The van der Waals surface area contributed by atoms with Crippen molar-refractivity contribution in [1.82, 2.24) is 9.88 Å². The van der Waals surface area contributed by atoms with E-state index in [0.717, 1.165) is 18.7 Å². The van der Waals surface area contributed by atoms with Crippen molar-refractivity contribution in [2.45, 2.75) is 37.4 Å². The summed E-state index contributed by atoms with van der Waals surface area (Å²) in [6.45, 7) is 1.03. The third-order valence-electron chi connectivity index (χ3n) is 5.34. The smallest absolute Gasteiger partial charge is 0.250 e. The standard InChI is InChI=1S/C20H23ClN4O2/c1-27-15-4-2-3-12(9-15)18-17(7-8-25(18)14-5-6-14)24-20-16(21)10-13(11-23-20)19(22)26/h2-4,9-11,14,17-18H,5-8H2,1H3,(H2,22,26)(H,23,24). The lowest BCUT2D eigenvalue weighted by atomic mass is 9.99. The molecule has 7 heteroatoms. The summed E-state index contributed by atoms with van der Waals surface area (Å²) in [4.78, 5) is 18.2. The van der Waals surface area contributed by atoms with Gasteiger partial charge < -0.3 is 15.8 Å². The summed E-state index contributed by atoms with van der Waals surface area (Å²) in [5.41, 5.74) is 6.83. The number of hydrogen-bond acceptors (Lipinski definition) is 5. The first-order valence-electron chi connectivity index (χ1n) is 9.18. The van der Waals surface area contributed by atoms with E-state index in [9.17, 15) is 4.79 Å². The number of carbonyl (C=O) groups excluding carboxylic acids is 1. The Kier molecular flexibility index (Phi) is 4.93.